The number of anilines is 1. The van der Waals surface area contributed by atoms with E-state index in [-0.39, 0.29) is 37.6 Å². The molecule has 0 atom stereocenters. The van der Waals surface area contributed by atoms with Crippen LogP contribution in [0.5, 0.6) is 0 Å². The molecule has 0 radical (unpaired) electrons. The summed E-state index contributed by atoms with van der Waals surface area (Å²) in [5, 5.41) is 8.87. The summed E-state index contributed by atoms with van der Waals surface area (Å²) >= 11 is 2.48. The molecule has 4 rings (SSSR count). The van der Waals surface area contributed by atoms with Gasteiger partial charge in [0.25, 0.3) is 11.8 Å². The van der Waals surface area contributed by atoms with Crippen LogP contribution in [-0.4, -0.2) is 27.0 Å². The van der Waals surface area contributed by atoms with Gasteiger partial charge in [0.2, 0.25) is 0 Å². The van der Waals surface area contributed by atoms with Crippen LogP contribution in [0, 0.1) is 9.39 Å². The number of aromatic amines is 1. The van der Waals surface area contributed by atoms with Crippen molar-refractivity contribution < 1.29 is 27.2 Å². The Kier molecular flexibility index (Phi) is 5.62. The molecule has 0 aliphatic heterocycles. The second-order valence-electron chi connectivity index (χ2n) is 6.46. The van der Waals surface area contributed by atoms with Crippen molar-refractivity contribution >= 4 is 61.6 Å². The Bertz CT molecular complexity index is 1360. The minimum Gasteiger partial charge on any atom is -0.365 e. The van der Waals surface area contributed by atoms with Gasteiger partial charge < -0.3 is 11.1 Å². The van der Waals surface area contributed by atoms with E-state index in [1.165, 1.54) is 18.3 Å². The van der Waals surface area contributed by atoms with Gasteiger partial charge in [-0.25, -0.2) is 9.37 Å². The normalized spacial score (nSPS) is 11.7. The molecule has 7 nitrogen and oxygen atoms in total. The minimum absolute atomic E-state index is 0.000632. The van der Waals surface area contributed by atoms with E-state index in [0.29, 0.717) is 14.9 Å². The molecule has 0 spiro atoms. The third kappa shape index (κ3) is 4.04. The first-order chi connectivity index (χ1) is 15.1. The lowest BCUT2D eigenvalue weighted by Crippen LogP contribution is -2.18. The maximum absolute atomic E-state index is 13.5. The molecule has 4 aromatic rings. The monoisotopic (exact) mass is 575 g/mol. The highest BCUT2D eigenvalue weighted by Gasteiger charge is 2.35. The summed E-state index contributed by atoms with van der Waals surface area (Å²) in [6.45, 7) is 0. The Morgan fingerprint density at radius 2 is 1.88 bits per heavy atom. The number of fused-ring (bicyclic) bond motifs is 1. The molecule has 3 heterocycles. The van der Waals surface area contributed by atoms with Crippen LogP contribution >= 0.6 is 33.9 Å². The molecule has 0 unspecified atom stereocenters. The van der Waals surface area contributed by atoms with Gasteiger partial charge in [-0.1, -0.05) is 12.1 Å². The van der Waals surface area contributed by atoms with E-state index < -0.39 is 29.5 Å². The number of amides is 2. The molecule has 0 saturated heterocycles. The largest absolute Gasteiger partial charge is 0.433 e. The lowest BCUT2D eigenvalue weighted by molar-refractivity contribution is -0.140. The molecule has 2 amide bonds. The molecule has 0 aliphatic rings. The molecule has 1 aromatic carbocycles. The third-order valence-electron chi connectivity index (χ3n) is 4.39. The van der Waals surface area contributed by atoms with E-state index in [0.717, 1.165) is 18.2 Å². The fourth-order valence-electron chi connectivity index (χ4n) is 3.00. The molecule has 0 aliphatic carbocycles. The Morgan fingerprint density at radius 3 is 2.44 bits per heavy atom. The van der Waals surface area contributed by atoms with E-state index in [1.807, 2.05) is 22.6 Å². The van der Waals surface area contributed by atoms with Gasteiger partial charge in [0.05, 0.1) is 15.5 Å². The van der Waals surface area contributed by atoms with Crippen molar-refractivity contribution in [2.75, 3.05) is 5.32 Å². The lowest BCUT2D eigenvalue weighted by atomic mass is 10.0. The zero-order valence-electron chi connectivity index (χ0n) is 15.6. The van der Waals surface area contributed by atoms with E-state index in [1.54, 1.807) is 0 Å². The van der Waals surface area contributed by atoms with Crippen LogP contribution in [0.2, 0.25) is 0 Å². The number of H-pyrrole nitrogens is 1. The number of halogens is 5. The molecule has 3 aromatic heterocycles. The number of nitrogens with two attached hydrogens (primary N) is 1. The van der Waals surface area contributed by atoms with Gasteiger partial charge in [0.1, 0.15) is 26.9 Å². The van der Waals surface area contributed by atoms with Gasteiger partial charge in [-0.3, -0.25) is 14.7 Å². The number of nitrogens with one attached hydrogen (secondary N) is 2. The van der Waals surface area contributed by atoms with Gasteiger partial charge in [0, 0.05) is 5.39 Å². The summed E-state index contributed by atoms with van der Waals surface area (Å²) in [5.74, 6) is -2.22. The van der Waals surface area contributed by atoms with Crippen LogP contribution in [0.3, 0.4) is 0 Å². The average Bonchev–Trinajstić information content (AvgIpc) is 3.31. The van der Waals surface area contributed by atoms with Crippen LogP contribution in [-0.2, 0) is 6.18 Å². The quantitative estimate of drug-likeness (QED) is 0.240. The number of alkyl halides is 3. The molecule has 32 heavy (non-hydrogen) atoms. The van der Waals surface area contributed by atoms with Gasteiger partial charge in [0.15, 0.2) is 0 Å². The van der Waals surface area contributed by atoms with Gasteiger partial charge in [-0.15, -0.1) is 11.3 Å². The highest BCUT2D eigenvalue weighted by Crippen LogP contribution is 2.43. The second-order valence-corrected chi connectivity index (χ2v) is 8.62. The fraction of sp³-hybridized carbons (Fsp3) is 0.0526. The first kappa shape index (κ1) is 22.1. The number of carbonyl (C=O) groups excluding carboxylic acids is 2. The second kappa shape index (κ2) is 8.12. The zero-order chi connectivity index (χ0) is 23.2. The van der Waals surface area contributed by atoms with Gasteiger partial charge >= 0.3 is 6.18 Å². The maximum atomic E-state index is 13.5. The summed E-state index contributed by atoms with van der Waals surface area (Å²) in [5.41, 5.74) is 4.45. The molecule has 0 fully saturated rings. The van der Waals surface area contributed by atoms with Crippen molar-refractivity contribution in [3.63, 3.8) is 0 Å². The molecular formula is C19H10F4IN5O2S. The smallest absolute Gasteiger partial charge is 0.365 e. The Labute approximate surface area is 194 Å². The lowest BCUT2D eigenvalue weighted by Gasteiger charge is -2.12. The highest BCUT2D eigenvalue weighted by molar-refractivity contribution is 14.1. The molecule has 164 valence electrons. The van der Waals surface area contributed by atoms with Crippen molar-refractivity contribution in [1.82, 2.24) is 15.2 Å². The fourth-order valence-corrected chi connectivity index (χ4v) is 4.51. The molecule has 0 saturated carbocycles. The summed E-state index contributed by atoms with van der Waals surface area (Å²) in [7, 11) is 0. The number of primary amides is 1. The number of nitrogens with zero attached hydrogens (tertiary/aromatic N) is 2. The number of pyridine rings is 1. The predicted octanol–water partition coefficient (Wildman–Crippen LogP) is 4.80. The first-order valence-electron chi connectivity index (χ1n) is 8.67. The standard InChI is InChI=1S/C19H10F4IN5O2S/c20-8-3-1-7(2-4-8)9-5-11(19(21,22)23)27-18-12(9)14(15(32-18)16(25)30)28-17(31)13-10(24)6-26-29-13/h1-6H,(H2,25,30)(H,26,29)(H,28,31). The van der Waals surface area contributed by atoms with Crippen LogP contribution in [0.1, 0.15) is 25.9 Å². The van der Waals surface area contributed by atoms with Crippen molar-refractivity contribution in [3.8, 4) is 11.1 Å². The molecule has 13 heteroatoms. The van der Waals surface area contributed by atoms with Crippen LogP contribution in [0.15, 0.2) is 36.5 Å². The number of thiophene rings is 1. The zero-order valence-corrected chi connectivity index (χ0v) is 18.5. The highest BCUT2D eigenvalue weighted by atomic mass is 127. The van der Waals surface area contributed by atoms with E-state index in [9.17, 15) is 27.2 Å². The summed E-state index contributed by atoms with van der Waals surface area (Å²) < 4.78 is 54.4. The minimum atomic E-state index is -4.78. The van der Waals surface area contributed by atoms with Gasteiger partial charge in [-0.05, 0) is 51.9 Å². The SMILES string of the molecule is NC(=O)c1sc2nc(C(F)(F)F)cc(-c3ccc(F)cc3)c2c1NC(=O)c1[nH]ncc1I. The van der Waals surface area contributed by atoms with Crippen LogP contribution in [0.4, 0.5) is 23.2 Å². The molecule has 0 bridgehead atoms. The Balaban J connectivity index is 2.00. The summed E-state index contributed by atoms with van der Waals surface area (Å²) in [6, 6.07) is 5.52. The topological polar surface area (TPSA) is 114 Å². The van der Waals surface area contributed by atoms with Crippen LogP contribution in [0.25, 0.3) is 21.3 Å². The number of hydrogen-bond acceptors (Lipinski definition) is 5. The first-order valence-corrected chi connectivity index (χ1v) is 10.6. The van der Waals surface area contributed by atoms with E-state index in [2.05, 4.69) is 20.5 Å². The van der Waals surface area contributed by atoms with Gasteiger partial charge in [-0.2, -0.15) is 18.3 Å². The maximum Gasteiger partial charge on any atom is 0.433 e. The van der Waals surface area contributed by atoms with Crippen molar-refractivity contribution in [2.45, 2.75) is 6.18 Å². The van der Waals surface area contributed by atoms with E-state index in [4.69, 9.17) is 5.73 Å². The number of aromatic nitrogens is 3. The van der Waals surface area contributed by atoms with Crippen molar-refractivity contribution in [1.29, 1.82) is 0 Å². The number of hydrogen-bond donors (Lipinski definition) is 3. The average molecular weight is 575 g/mol. The third-order valence-corrected chi connectivity index (χ3v) is 6.31. The molecular weight excluding hydrogens is 565 g/mol. The van der Waals surface area contributed by atoms with Crippen molar-refractivity contribution in [2.24, 2.45) is 5.73 Å². The van der Waals surface area contributed by atoms with E-state index >= 15 is 0 Å². The van der Waals surface area contributed by atoms with Crippen molar-refractivity contribution in [3.05, 3.63) is 62.2 Å². The Morgan fingerprint density at radius 1 is 1.19 bits per heavy atom. The number of carbonyl (C=O) groups is 2. The Hall–Kier alpha value is -3.07. The van der Waals surface area contributed by atoms with Crippen LogP contribution < -0.4 is 11.1 Å². The molecule has 4 N–H and O–H groups in total. The number of rotatable bonds is 4. The number of benzene rings is 1. The predicted molar refractivity (Wildman–Crippen MR) is 118 cm³/mol. The summed E-state index contributed by atoms with van der Waals surface area (Å²) in [6.07, 6.45) is -3.38. The summed E-state index contributed by atoms with van der Waals surface area (Å²) in [4.78, 5) is 28.1.